The Hall–Kier alpha value is -2.36. The molecule has 1 amide bonds. The number of hydrogen-bond donors (Lipinski definition) is 1. The lowest BCUT2D eigenvalue weighted by Crippen LogP contribution is -2.26. The Morgan fingerprint density at radius 1 is 1.29 bits per heavy atom. The Labute approximate surface area is 159 Å². The van der Waals surface area contributed by atoms with Gasteiger partial charge in [0.15, 0.2) is 9.84 Å². The third kappa shape index (κ3) is 3.30. The molecule has 3 heterocycles. The summed E-state index contributed by atoms with van der Waals surface area (Å²) in [6.45, 7) is 1.72. The van der Waals surface area contributed by atoms with Gasteiger partial charge >= 0.3 is 6.18 Å². The van der Waals surface area contributed by atoms with E-state index in [-0.39, 0.29) is 23.8 Å². The van der Waals surface area contributed by atoms with Crippen LogP contribution in [0.1, 0.15) is 47.2 Å². The van der Waals surface area contributed by atoms with Crippen molar-refractivity contribution in [1.82, 2.24) is 9.78 Å². The number of nitrogens with zero attached hydrogens (tertiary/aromatic N) is 2. The van der Waals surface area contributed by atoms with E-state index in [2.05, 4.69) is 10.4 Å². The normalized spacial score (nSPS) is 24.1. The highest BCUT2D eigenvalue weighted by atomic mass is 32.2. The number of anilines is 1. The summed E-state index contributed by atoms with van der Waals surface area (Å²) in [7, 11) is -3.16. The second-order valence-corrected chi connectivity index (χ2v) is 9.51. The molecule has 0 spiro atoms. The van der Waals surface area contributed by atoms with E-state index in [1.807, 2.05) is 0 Å². The smallest absolute Gasteiger partial charge is 0.311 e. The van der Waals surface area contributed by atoms with Crippen LogP contribution >= 0.6 is 0 Å². The minimum Gasteiger partial charge on any atom is -0.311 e. The Morgan fingerprint density at radius 3 is 2.68 bits per heavy atom. The van der Waals surface area contributed by atoms with Gasteiger partial charge in [-0.3, -0.25) is 4.79 Å². The van der Waals surface area contributed by atoms with Gasteiger partial charge < -0.3 is 5.32 Å². The largest absolute Gasteiger partial charge is 0.416 e. The van der Waals surface area contributed by atoms with Crippen molar-refractivity contribution >= 4 is 21.6 Å². The number of nitrogens with one attached hydrogen (secondary N) is 1. The standard InChI is InChI=1S/C18H18F3N3O3S/c1-10-16-14(11-3-2-4-12(7-11)18(19,20)21)8-15(25)22-17(16)24(23-10)13-5-6-28(26,27)9-13/h2-4,7,13-14H,5-6,8-9H2,1H3,(H,22,25)/t13-,14-/m1/s1. The Balaban J connectivity index is 1.79. The molecule has 150 valence electrons. The molecule has 28 heavy (non-hydrogen) atoms. The number of alkyl halides is 3. The van der Waals surface area contributed by atoms with Crippen molar-refractivity contribution < 1.29 is 26.4 Å². The lowest BCUT2D eigenvalue weighted by molar-refractivity contribution is -0.137. The van der Waals surface area contributed by atoms with Crippen molar-refractivity contribution in [3.05, 3.63) is 46.6 Å². The number of benzene rings is 1. The summed E-state index contributed by atoms with van der Waals surface area (Å²) < 4.78 is 64.5. The first-order valence-corrected chi connectivity index (χ1v) is 10.6. The van der Waals surface area contributed by atoms with Crippen molar-refractivity contribution in [3.63, 3.8) is 0 Å². The minimum absolute atomic E-state index is 0.00378. The van der Waals surface area contributed by atoms with E-state index in [1.165, 1.54) is 10.7 Å². The second kappa shape index (κ2) is 6.33. The van der Waals surface area contributed by atoms with E-state index in [1.54, 1.807) is 13.0 Å². The summed E-state index contributed by atoms with van der Waals surface area (Å²) in [6.07, 6.45) is -4.09. The van der Waals surface area contributed by atoms with Gasteiger partial charge in [-0.05, 0) is 25.0 Å². The molecule has 0 unspecified atom stereocenters. The maximum atomic E-state index is 13.1. The zero-order chi connectivity index (χ0) is 20.3. The molecule has 1 N–H and O–H groups in total. The van der Waals surface area contributed by atoms with Gasteiger partial charge in [0.25, 0.3) is 0 Å². The zero-order valence-electron chi connectivity index (χ0n) is 15.0. The van der Waals surface area contributed by atoms with Crippen LogP contribution in [-0.4, -0.2) is 35.6 Å². The first-order valence-electron chi connectivity index (χ1n) is 8.81. The third-order valence-corrected chi connectivity index (χ3v) is 7.05. The molecule has 0 radical (unpaired) electrons. The predicted molar refractivity (Wildman–Crippen MR) is 95.8 cm³/mol. The Morgan fingerprint density at radius 2 is 2.04 bits per heavy atom. The fourth-order valence-corrected chi connectivity index (χ4v) is 5.71. The van der Waals surface area contributed by atoms with Gasteiger partial charge in [-0.1, -0.05) is 18.2 Å². The van der Waals surface area contributed by atoms with Crippen LogP contribution in [0.2, 0.25) is 0 Å². The lowest BCUT2D eigenvalue weighted by atomic mass is 9.85. The molecule has 1 fully saturated rings. The van der Waals surface area contributed by atoms with Crippen molar-refractivity contribution in [2.24, 2.45) is 0 Å². The molecule has 2 aliphatic heterocycles. The van der Waals surface area contributed by atoms with Crippen molar-refractivity contribution in [3.8, 4) is 0 Å². The van der Waals surface area contributed by atoms with Gasteiger partial charge in [-0.2, -0.15) is 18.3 Å². The van der Waals surface area contributed by atoms with Gasteiger partial charge in [-0.25, -0.2) is 13.1 Å². The van der Waals surface area contributed by atoms with Gasteiger partial charge in [0.05, 0.1) is 28.8 Å². The second-order valence-electron chi connectivity index (χ2n) is 7.28. The first kappa shape index (κ1) is 19.0. The number of rotatable bonds is 2. The molecule has 1 saturated heterocycles. The Bertz CT molecular complexity index is 1060. The quantitative estimate of drug-likeness (QED) is 0.821. The molecule has 1 aromatic heterocycles. The summed E-state index contributed by atoms with van der Waals surface area (Å²) in [5.41, 5.74) is 0.821. The van der Waals surface area contributed by atoms with Gasteiger partial charge in [0.1, 0.15) is 5.82 Å². The number of amides is 1. The van der Waals surface area contributed by atoms with E-state index >= 15 is 0 Å². The van der Waals surface area contributed by atoms with Crippen LogP contribution in [0.5, 0.6) is 0 Å². The molecule has 0 aliphatic carbocycles. The number of hydrogen-bond acceptors (Lipinski definition) is 4. The predicted octanol–water partition coefficient (Wildman–Crippen LogP) is 3.04. The van der Waals surface area contributed by atoms with E-state index in [0.717, 1.165) is 12.1 Å². The van der Waals surface area contributed by atoms with Crippen LogP contribution < -0.4 is 5.32 Å². The van der Waals surface area contributed by atoms with Crippen molar-refractivity contribution in [2.75, 3.05) is 16.8 Å². The summed E-state index contributed by atoms with van der Waals surface area (Å²) in [4.78, 5) is 12.3. The fraction of sp³-hybridized carbons (Fsp3) is 0.444. The van der Waals surface area contributed by atoms with Crippen molar-refractivity contribution in [1.29, 1.82) is 0 Å². The molecule has 6 nitrogen and oxygen atoms in total. The number of carbonyl (C=O) groups excluding carboxylic acids is 1. The molecular weight excluding hydrogens is 395 g/mol. The van der Waals surface area contributed by atoms with Gasteiger partial charge in [0, 0.05) is 17.9 Å². The first-order chi connectivity index (χ1) is 13.0. The molecule has 10 heteroatoms. The number of aryl methyl sites for hydroxylation is 1. The molecule has 4 rings (SSSR count). The maximum Gasteiger partial charge on any atom is 0.416 e. The highest BCUT2D eigenvalue weighted by Gasteiger charge is 2.38. The summed E-state index contributed by atoms with van der Waals surface area (Å²) in [6, 6.07) is 4.55. The van der Waals surface area contributed by atoms with E-state index in [9.17, 15) is 26.4 Å². The molecule has 2 aromatic rings. The summed E-state index contributed by atoms with van der Waals surface area (Å²) in [5, 5.41) is 7.18. The highest BCUT2D eigenvalue weighted by Crippen LogP contribution is 2.42. The van der Waals surface area contributed by atoms with Crippen LogP contribution in [-0.2, 0) is 20.8 Å². The number of halogens is 3. The maximum absolute atomic E-state index is 13.1. The lowest BCUT2D eigenvalue weighted by Gasteiger charge is -2.26. The van der Waals surface area contributed by atoms with Crippen LogP contribution in [0.3, 0.4) is 0 Å². The summed E-state index contributed by atoms with van der Waals surface area (Å²) in [5.74, 6) is -0.533. The fourth-order valence-electron chi connectivity index (χ4n) is 4.02. The Kier molecular flexibility index (Phi) is 4.29. The van der Waals surface area contributed by atoms with Crippen molar-refractivity contribution in [2.45, 2.75) is 37.9 Å². The number of fused-ring (bicyclic) bond motifs is 1. The molecule has 2 aliphatic rings. The number of sulfone groups is 1. The molecule has 0 bridgehead atoms. The van der Waals surface area contributed by atoms with Gasteiger partial charge in [0.2, 0.25) is 5.91 Å². The van der Waals surface area contributed by atoms with E-state index < -0.39 is 33.5 Å². The van der Waals surface area contributed by atoms with Crippen LogP contribution in [0.25, 0.3) is 0 Å². The SMILES string of the molecule is Cc1nn([C@@H]2CCS(=O)(=O)C2)c2c1[C@@H](c1cccc(C(F)(F)F)c1)CC(=O)N2. The monoisotopic (exact) mass is 413 g/mol. The average Bonchev–Trinajstić information content (AvgIpc) is 3.13. The topological polar surface area (TPSA) is 81.1 Å². The van der Waals surface area contributed by atoms with Crippen LogP contribution in [0, 0.1) is 6.92 Å². The molecule has 1 aromatic carbocycles. The average molecular weight is 413 g/mol. The highest BCUT2D eigenvalue weighted by molar-refractivity contribution is 7.91. The van der Waals surface area contributed by atoms with Gasteiger partial charge in [-0.15, -0.1) is 0 Å². The number of aromatic nitrogens is 2. The third-order valence-electron chi connectivity index (χ3n) is 5.30. The van der Waals surface area contributed by atoms with E-state index in [0.29, 0.717) is 29.1 Å². The molecule has 2 atom stereocenters. The van der Waals surface area contributed by atoms with E-state index in [4.69, 9.17) is 0 Å². The molecule has 0 saturated carbocycles. The van der Waals surface area contributed by atoms with Crippen LogP contribution in [0.4, 0.5) is 19.0 Å². The van der Waals surface area contributed by atoms with Crippen LogP contribution in [0.15, 0.2) is 24.3 Å². The zero-order valence-corrected chi connectivity index (χ0v) is 15.8. The number of carbonyl (C=O) groups is 1. The summed E-state index contributed by atoms with van der Waals surface area (Å²) >= 11 is 0. The molecular formula is C18H18F3N3O3S. The minimum atomic E-state index is -4.48.